The van der Waals surface area contributed by atoms with Gasteiger partial charge in [-0.25, -0.2) is 12.1 Å². The molecule has 208 valence electrons. The summed E-state index contributed by atoms with van der Waals surface area (Å²) in [6, 6.07) is 11.9. The van der Waals surface area contributed by atoms with Gasteiger partial charge in [-0.15, -0.1) is 0 Å². The van der Waals surface area contributed by atoms with Crippen molar-refractivity contribution >= 4 is 0 Å². The Kier molecular flexibility index (Phi) is 24.0. The fourth-order valence-corrected chi connectivity index (χ4v) is 5.11. The van der Waals surface area contributed by atoms with Crippen LogP contribution in [0.5, 0.6) is 0 Å². The Morgan fingerprint density at radius 2 is 0.944 bits per heavy atom. The molecule has 1 heteroatoms. The van der Waals surface area contributed by atoms with Gasteiger partial charge in [0.25, 0.3) is 0 Å². The molecule has 2 aromatic rings. The van der Waals surface area contributed by atoms with E-state index in [1.807, 2.05) is 0 Å². The third-order valence-electron chi connectivity index (χ3n) is 7.41. The fourth-order valence-electron chi connectivity index (χ4n) is 5.11. The summed E-state index contributed by atoms with van der Waals surface area (Å²) >= 11 is 0. The molecule has 0 aromatic heterocycles. The Morgan fingerprint density at radius 1 is 0.500 bits per heavy atom. The molecular weight excluding hydrogens is 476 g/mol. The van der Waals surface area contributed by atoms with Gasteiger partial charge in [-0.2, -0.15) is 46.0 Å². The standard InChI is InChI=1S/C20H35.C15H25.Fe/c1-4-7-10-13-18-16-19(14-11-8-5-2)20(17-18)15-12-9-6-3;1-3-5-7-10-14-12-9-13-15(14)11-8-6-4-2;/h16-17H,4-15H2,1-3H3;9,12-13H,3-8,10-11H2,1-2H3;/q2*-1;+2. The zero-order valence-corrected chi connectivity index (χ0v) is 26.0. The second kappa shape index (κ2) is 24.6. The first-order chi connectivity index (χ1) is 17.2. The number of hydrogen-bond acceptors (Lipinski definition) is 0. The van der Waals surface area contributed by atoms with E-state index >= 15 is 0 Å². The molecular formula is C35H60Fe. The molecule has 0 saturated carbocycles. The maximum atomic E-state index is 2.52. The smallest absolute Gasteiger partial charge is 0.210 e. The van der Waals surface area contributed by atoms with E-state index < -0.39 is 0 Å². The summed E-state index contributed by atoms with van der Waals surface area (Å²) in [5, 5.41) is 0. The first-order valence-electron chi connectivity index (χ1n) is 15.7. The predicted molar refractivity (Wildman–Crippen MR) is 160 cm³/mol. The molecule has 2 aromatic carbocycles. The number of hydrogen-bond donors (Lipinski definition) is 0. The predicted octanol–water partition coefficient (Wildman–Crippen LogP) is 11.5. The summed E-state index contributed by atoms with van der Waals surface area (Å²) in [7, 11) is 0. The first-order valence-corrected chi connectivity index (χ1v) is 15.7. The maximum Gasteiger partial charge on any atom is 2.00 e. The van der Waals surface area contributed by atoms with Crippen LogP contribution in [0, 0.1) is 0 Å². The Balaban J connectivity index is 0.000000687. The van der Waals surface area contributed by atoms with Crippen LogP contribution >= 0.6 is 0 Å². The molecule has 36 heavy (non-hydrogen) atoms. The Labute approximate surface area is 237 Å². The van der Waals surface area contributed by atoms with Crippen molar-refractivity contribution in [3.63, 3.8) is 0 Å². The normalized spacial score (nSPS) is 10.7. The molecule has 0 radical (unpaired) electrons. The molecule has 0 heterocycles. The zero-order chi connectivity index (χ0) is 25.6. The van der Waals surface area contributed by atoms with Gasteiger partial charge in [0, 0.05) is 0 Å². The van der Waals surface area contributed by atoms with E-state index in [2.05, 4.69) is 65.0 Å². The number of unbranched alkanes of at least 4 members (excludes halogenated alkanes) is 10. The Morgan fingerprint density at radius 3 is 1.47 bits per heavy atom. The summed E-state index contributed by atoms with van der Waals surface area (Å²) in [4.78, 5) is 0. The van der Waals surface area contributed by atoms with Gasteiger partial charge in [-0.05, 0) is 0 Å². The van der Waals surface area contributed by atoms with Crippen LogP contribution in [-0.4, -0.2) is 0 Å². The van der Waals surface area contributed by atoms with Crippen LogP contribution in [0.1, 0.15) is 159 Å². The third kappa shape index (κ3) is 16.1. The minimum atomic E-state index is 0. The van der Waals surface area contributed by atoms with E-state index in [9.17, 15) is 0 Å². The summed E-state index contributed by atoms with van der Waals surface area (Å²) in [5.74, 6) is 0. The molecule has 0 bridgehead atoms. The van der Waals surface area contributed by atoms with Crippen molar-refractivity contribution in [1.29, 1.82) is 0 Å². The SMILES string of the molecule is CCCCCc1cc(CCCCC)c(CCCCC)[cH-]1.CCCCCc1cc[cH-]c1CCCCC.[Fe+2]. The van der Waals surface area contributed by atoms with Crippen LogP contribution in [0.15, 0.2) is 30.3 Å². The van der Waals surface area contributed by atoms with Crippen molar-refractivity contribution in [2.45, 2.75) is 163 Å². The second-order valence-electron chi connectivity index (χ2n) is 10.8. The third-order valence-corrected chi connectivity index (χ3v) is 7.41. The van der Waals surface area contributed by atoms with E-state index in [-0.39, 0.29) is 17.1 Å². The molecule has 0 fully saturated rings. The molecule has 2 rings (SSSR count). The zero-order valence-electron chi connectivity index (χ0n) is 24.9. The van der Waals surface area contributed by atoms with Crippen molar-refractivity contribution in [2.24, 2.45) is 0 Å². The second-order valence-corrected chi connectivity index (χ2v) is 10.8. The van der Waals surface area contributed by atoms with E-state index in [0.717, 1.165) is 0 Å². The van der Waals surface area contributed by atoms with E-state index in [1.54, 1.807) is 27.8 Å². The summed E-state index contributed by atoms with van der Waals surface area (Å²) in [6.07, 6.45) is 26.8. The molecule has 0 unspecified atom stereocenters. The van der Waals surface area contributed by atoms with E-state index in [0.29, 0.717) is 0 Å². The average molecular weight is 537 g/mol. The fraction of sp³-hybridized carbons (Fsp3) is 0.714. The molecule has 0 aliphatic heterocycles. The molecule has 0 nitrogen and oxygen atoms in total. The first kappa shape index (κ1) is 35.2. The van der Waals surface area contributed by atoms with Crippen molar-refractivity contribution in [1.82, 2.24) is 0 Å². The van der Waals surface area contributed by atoms with Crippen molar-refractivity contribution in [3.8, 4) is 0 Å². The quantitative estimate of drug-likeness (QED) is 0.0897. The van der Waals surface area contributed by atoms with Gasteiger partial charge in [0.05, 0.1) is 0 Å². The van der Waals surface area contributed by atoms with Crippen LogP contribution in [-0.2, 0) is 49.2 Å². The largest absolute Gasteiger partial charge is 2.00 e. The van der Waals surface area contributed by atoms with Crippen molar-refractivity contribution in [3.05, 3.63) is 58.1 Å². The van der Waals surface area contributed by atoms with E-state index in [1.165, 1.54) is 128 Å². The summed E-state index contributed by atoms with van der Waals surface area (Å²) in [6.45, 7) is 11.4. The van der Waals surface area contributed by atoms with Gasteiger partial charge in [0.15, 0.2) is 0 Å². The molecule has 0 aliphatic rings. The van der Waals surface area contributed by atoms with Crippen molar-refractivity contribution < 1.29 is 17.1 Å². The topological polar surface area (TPSA) is 0 Å². The van der Waals surface area contributed by atoms with Gasteiger partial charge in [0.1, 0.15) is 0 Å². The van der Waals surface area contributed by atoms with Crippen LogP contribution < -0.4 is 0 Å². The van der Waals surface area contributed by atoms with Gasteiger partial charge >= 0.3 is 17.1 Å². The Hall–Kier alpha value is -0.781. The summed E-state index contributed by atoms with van der Waals surface area (Å²) < 4.78 is 0. The molecule has 0 amide bonds. The number of rotatable bonds is 20. The van der Waals surface area contributed by atoms with E-state index in [4.69, 9.17) is 0 Å². The average Bonchev–Trinajstić information content (AvgIpc) is 3.47. The molecule has 0 saturated heterocycles. The van der Waals surface area contributed by atoms with Crippen LogP contribution in [0.3, 0.4) is 0 Å². The summed E-state index contributed by atoms with van der Waals surface area (Å²) in [5.41, 5.74) is 8.16. The minimum Gasteiger partial charge on any atom is -0.210 e. The monoisotopic (exact) mass is 536 g/mol. The molecule has 0 spiro atoms. The molecule has 0 atom stereocenters. The van der Waals surface area contributed by atoms with Crippen LogP contribution in [0.4, 0.5) is 0 Å². The minimum absolute atomic E-state index is 0. The van der Waals surface area contributed by atoms with Gasteiger partial charge in [-0.1, -0.05) is 163 Å². The maximum absolute atomic E-state index is 2.52. The van der Waals surface area contributed by atoms with Crippen LogP contribution in [0.2, 0.25) is 0 Å². The van der Waals surface area contributed by atoms with Gasteiger partial charge in [-0.3, -0.25) is 0 Å². The van der Waals surface area contributed by atoms with Crippen LogP contribution in [0.25, 0.3) is 0 Å². The van der Waals surface area contributed by atoms with Gasteiger partial charge < -0.3 is 0 Å². The molecule has 0 aliphatic carbocycles. The Bertz CT molecular complexity index is 652. The number of aryl methyl sites for hydroxylation is 5. The van der Waals surface area contributed by atoms with Gasteiger partial charge in [0.2, 0.25) is 0 Å². The molecule has 0 N–H and O–H groups in total. The van der Waals surface area contributed by atoms with Crippen molar-refractivity contribution in [2.75, 3.05) is 0 Å².